The van der Waals surface area contributed by atoms with Crippen molar-refractivity contribution in [1.82, 2.24) is 0 Å². The van der Waals surface area contributed by atoms with Crippen LogP contribution in [0.2, 0.25) is 0 Å². The summed E-state index contributed by atoms with van der Waals surface area (Å²) in [6.07, 6.45) is 9.22. The molecule has 0 saturated heterocycles. The van der Waals surface area contributed by atoms with Crippen molar-refractivity contribution in [3.05, 3.63) is 24.8 Å². The van der Waals surface area contributed by atoms with Gasteiger partial charge in [0.25, 0.3) is 0 Å². The Hall–Kier alpha value is -0.850. The van der Waals surface area contributed by atoms with Gasteiger partial charge in [0.05, 0.1) is 0 Å². The zero-order chi connectivity index (χ0) is 9.47. The Labute approximate surface area is 79.5 Å². The molecule has 2 aliphatic rings. The van der Waals surface area contributed by atoms with Crippen molar-refractivity contribution >= 4 is 5.78 Å². The number of carbonyl (C=O) groups excluding carboxylic acids is 1. The molecule has 0 bridgehead atoms. The molecule has 0 radical (unpaired) electrons. The van der Waals surface area contributed by atoms with Gasteiger partial charge in [0.15, 0.2) is 5.78 Å². The molecule has 0 spiro atoms. The molecule has 1 fully saturated rings. The number of ketones is 1. The Morgan fingerprint density at radius 2 is 2.38 bits per heavy atom. The van der Waals surface area contributed by atoms with E-state index in [1.54, 1.807) is 6.08 Å². The van der Waals surface area contributed by atoms with Gasteiger partial charge in [-0.15, -0.1) is 6.58 Å². The lowest BCUT2D eigenvalue weighted by molar-refractivity contribution is -0.125. The fraction of sp³-hybridized carbons (Fsp3) is 0.583. The zero-order valence-electron chi connectivity index (χ0n) is 8.12. The second kappa shape index (κ2) is 2.83. The maximum Gasteiger partial charge on any atom is 0.161 e. The van der Waals surface area contributed by atoms with Crippen LogP contribution in [0.4, 0.5) is 0 Å². The predicted molar refractivity (Wildman–Crippen MR) is 53.3 cm³/mol. The Balaban J connectivity index is 2.23. The molecule has 2 aliphatic carbocycles. The van der Waals surface area contributed by atoms with E-state index in [-0.39, 0.29) is 5.41 Å². The van der Waals surface area contributed by atoms with Crippen molar-refractivity contribution in [1.29, 1.82) is 0 Å². The van der Waals surface area contributed by atoms with E-state index >= 15 is 0 Å². The average molecular weight is 176 g/mol. The van der Waals surface area contributed by atoms with Gasteiger partial charge in [-0.05, 0) is 37.2 Å². The highest BCUT2D eigenvalue weighted by atomic mass is 16.1. The first-order valence-electron chi connectivity index (χ1n) is 5.02. The minimum absolute atomic E-state index is 0.100. The maximum absolute atomic E-state index is 11.7. The van der Waals surface area contributed by atoms with Crippen LogP contribution in [0.3, 0.4) is 0 Å². The van der Waals surface area contributed by atoms with E-state index < -0.39 is 0 Å². The lowest BCUT2D eigenvalue weighted by Gasteiger charge is -2.38. The van der Waals surface area contributed by atoms with Crippen LogP contribution in [-0.2, 0) is 4.79 Å². The lowest BCUT2D eigenvalue weighted by Crippen LogP contribution is -2.35. The number of carbonyl (C=O) groups is 1. The van der Waals surface area contributed by atoms with Crippen LogP contribution in [-0.4, -0.2) is 5.78 Å². The monoisotopic (exact) mass is 176 g/mol. The van der Waals surface area contributed by atoms with Gasteiger partial charge >= 0.3 is 0 Å². The third-order valence-corrected chi connectivity index (χ3v) is 3.73. The molecule has 0 aromatic heterocycles. The summed E-state index contributed by atoms with van der Waals surface area (Å²) in [6, 6.07) is 0. The minimum atomic E-state index is -0.100. The molecule has 1 nitrogen and oxygen atoms in total. The van der Waals surface area contributed by atoms with Crippen LogP contribution in [0, 0.1) is 17.3 Å². The summed E-state index contributed by atoms with van der Waals surface area (Å²) in [6.45, 7) is 5.93. The first-order valence-corrected chi connectivity index (χ1v) is 5.02. The highest BCUT2D eigenvalue weighted by Gasteiger charge is 2.45. The molecule has 3 atom stereocenters. The predicted octanol–water partition coefficient (Wildman–Crippen LogP) is 2.73. The van der Waals surface area contributed by atoms with Gasteiger partial charge in [-0.3, -0.25) is 4.79 Å². The van der Waals surface area contributed by atoms with E-state index in [2.05, 4.69) is 19.6 Å². The van der Waals surface area contributed by atoms with Gasteiger partial charge in [-0.25, -0.2) is 0 Å². The average Bonchev–Trinajstić information content (AvgIpc) is 2.42. The molecule has 1 unspecified atom stereocenters. The Morgan fingerprint density at radius 3 is 3.08 bits per heavy atom. The zero-order valence-corrected chi connectivity index (χ0v) is 8.12. The second-order valence-corrected chi connectivity index (χ2v) is 4.52. The molecule has 70 valence electrons. The van der Waals surface area contributed by atoms with Gasteiger partial charge in [0.2, 0.25) is 0 Å². The van der Waals surface area contributed by atoms with Crippen molar-refractivity contribution in [2.75, 3.05) is 0 Å². The van der Waals surface area contributed by atoms with Gasteiger partial charge in [0.1, 0.15) is 0 Å². The molecule has 1 heteroatoms. The summed E-state index contributed by atoms with van der Waals surface area (Å²) in [7, 11) is 0. The number of hydrogen-bond acceptors (Lipinski definition) is 1. The van der Waals surface area contributed by atoms with E-state index in [9.17, 15) is 4.79 Å². The van der Waals surface area contributed by atoms with Crippen LogP contribution in [0.25, 0.3) is 0 Å². The van der Waals surface area contributed by atoms with Crippen LogP contribution in [0.5, 0.6) is 0 Å². The van der Waals surface area contributed by atoms with Gasteiger partial charge in [-0.2, -0.15) is 0 Å². The number of allylic oxidation sites excluding steroid dienone is 3. The van der Waals surface area contributed by atoms with E-state index in [0.717, 1.165) is 12.8 Å². The topological polar surface area (TPSA) is 17.1 Å². The van der Waals surface area contributed by atoms with Crippen molar-refractivity contribution in [3.63, 3.8) is 0 Å². The first-order chi connectivity index (χ1) is 6.16. The summed E-state index contributed by atoms with van der Waals surface area (Å²) < 4.78 is 0. The van der Waals surface area contributed by atoms with Crippen molar-refractivity contribution in [2.24, 2.45) is 17.3 Å². The summed E-state index contributed by atoms with van der Waals surface area (Å²) in [5.74, 6) is 1.37. The lowest BCUT2D eigenvalue weighted by atomic mass is 9.65. The fourth-order valence-electron chi connectivity index (χ4n) is 2.70. The summed E-state index contributed by atoms with van der Waals surface area (Å²) in [5, 5.41) is 0. The molecule has 2 rings (SSSR count). The van der Waals surface area contributed by atoms with Crippen LogP contribution < -0.4 is 0 Å². The number of rotatable bonds is 1. The fourth-order valence-corrected chi connectivity index (χ4v) is 2.70. The second-order valence-electron chi connectivity index (χ2n) is 4.52. The first kappa shape index (κ1) is 8.74. The Bertz CT molecular complexity index is 277. The molecule has 1 saturated carbocycles. The third-order valence-electron chi connectivity index (χ3n) is 3.73. The molecule has 0 amide bonds. The summed E-state index contributed by atoms with van der Waals surface area (Å²) >= 11 is 0. The molecule has 0 aliphatic heterocycles. The van der Waals surface area contributed by atoms with E-state index in [4.69, 9.17) is 0 Å². The molecule has 0 aromatic carbocycles. The maximum atomic E-state index is 11.7. The smallest absolute Gasteiger partial charge is 0.161 e. The molecule has 0 heterocycles. The largest absolute Gasteiger partial charge is 0.294 e. The highest BCUT2D eigenvalue weighted by Crippen LogP contribution is 2.48. The summed E-state index contributed by atoms with van der Waals surface area (Å²) in [5.41, 5.74) is -0.100. The number of fused-ring (bicyclic) bond motifs is 1. The summed E-state index contributed by atoms with van der Waals surface area (Å²) in [4.78, 5) is 11.7. The SMILES string of the molecule is C=CC1CC[C@@H]2C=CC(=O)[C@@]2(C)C1. The van der Waals surface area contributed by atoms with Crippen molar-refractivity contribution in [3.8, 4) is 0 Å². The standard InChI is InChI=1S/C12H16O/c1-3-9-4-5-10-6-7-11(13)12(10,2)8-9/h3,6-7,9-10H,1,4-5,8H2,2H3/t9?,10-,12+/m1/s1. The van der Waals surface area contributed by atoms with E-state index in [1.807, 2.05) is 6.08 Å². The van der Waals surface area contributed by atoms with Crippen LogP contribution >= 0.6 is 0 Å². The van der Waals surface area contributed by atoms with Gasteiger partial charge in [-0.1, -0.05) is 19.1 Å². The molecule has 13 heavy (non-hydrogen) atoms. The third kappa shape index (κ3) is 1.18. The highest BCUT2D eigenvalue weighted by molar-refractivity contribution is 5.97. The van der Waals surface area contributed by atoms with E-state index in [0.29, 0.717) is 17.6 Å². The molecule has 0 aromatic rings. The Kier molecular flexibility index (Phi) is 1.90. The molecular formula is C12H16O. The van der Waals surface area contributed by atoms with Crippen LogP contribution in [0.1, 0.15) is 26.2 Å². The molecule has 0 N–H and O–H groups in total. The van der Waals surface area contributed by atoms with Crippen molar-refractivity contribution in [2.45, 2.75) is 26.2 Å². The van der Waals surface area contributed by atoms with Gasteiger partial charge < -0.3 is 0 Å². The van der Waals surface area contributed by atoms with Gasteiger partial charge in [0, 0.05) is 5.41 Å². The number of hydrogen-bond donors (Lipinski definition) is 0. The molecular weight excluding hydrogens is 160 g/mol. The minimum Gasteiger partial charge on any atom is -0.294 e. The quantitative estimate of drug-likeness (QED) is 0.561. The normalized spacial score (nSPS) is 43.3. The van der Waals surface area contributed by atoms with Crippen LogP contribution in [0.15, 0.2) is 24.8 Å². The Morgan fingerprint density at radius 1 is 1.62 bits per heavy atom. The van der Waals surface area contributed by atoms with E-state index in [1.165, 1.54) is 6.42 Å². The van der Waals surface area contributed by atoms with Crippen molar-refractivity contribution < 1.29 is 4.79 Å².